The summed E-state index contributed by atoms with van der Waals surface area (Å²) in [7, 11) is 0. The minimum atomic E-state index is -0.292. The Morgan fingerprint density at radius 1 is 1.44 bits per heavy atom. The lowest BCUT2D eigenvalue weighted by atomic mass is 10.2. The number of hydrogen-bond donors (Lipinski definition) is 1. The fourth-order valence-electron chi connectivity index (χ4n) is 2.04. The second-order valence-electron chi connectivity index (χ2n) is 4.34. The van der Waals surface area contributed by atoms with Crippen molar-refractivity contribution < 1.29 is 4.52 Å². The van der Waals surface area contributed by atoms with Crippen molar-refractivity contribution in [2.75, 3.05) is 5.75 Å². The van der Waals surface area contributed by atoms with Gasteiger partial charge in [0.15, 0.2) is 5.82 Å². The average Bonchev–Trinajstić information content (AvgIpc) is 3.10. The molecule has 96 valence electrons. The molecule has 18 heavy (non-hydrogen) atoms. The van der Waals surface area contributed by atoms with Gasteiger partial charge in [0.05, 0.1) is 5.25 Å². The van der Waals surface area contributed by atoms with E-state index >= 15 is 0 Å². The van der Waals surface area contributed by atoms with Crippen molar-refractivity contribution in [2.45, 2.75) is 30.6 Å². The molecule has 0 saturated carbocycles. The van der Waals surface area contributed by atoms with E-state index in [1.807, 2.05) is 29.3 Å². The SMILES string of the molecule is NC(c1nc(C2CCCCS2)no1)c1cccs1. The molecule has 6 heteroatoms. The van der Waals surface area contributed by atoms with E-state index in [0.717, 1.165) is 17.1 Å². The van der Waals surface area contributed by atoms with Gasteiger partial charge in [-0.1, -0.05) is 17.6 Å². The van der Waals surface area contributed by atoms with Crippen LogP contribution in [0.3, 0.4) is 0 Å². The Labute approximate surface area is 114 Å². The minimum absolute atomic E-state index is 0.292. The number of nitrogens with two attached hydrogens (primary N) is 1. The summed E-state index contributed by atoms with van der Waals surface area (Å²) >= 11 is 3.53. The van der Waals surface area contributed by atoms with Crippen molar-refractivity contribution >= 4 is 23.1 Å². The molecule has 2 unspecified atom stereocenters. The van der Waals surface area contributed by atoms with Gasteiger partial charge in [0.25, 0.3) is 0 Å². The largest absolute Gasteiger partial charge is 0.337 e. The number of hydrogen-bond acceptors (Lipinski definition) is 6. The van der Waals surface area contributed by atoms with Gasteiger partial charge >= 0.3 is 0 Å². The van der Waals surface area contributed by atoms with Gasteiger partial charge < -0.3 is 10.3 Å². The fraction of sp³-hybridized carbons (Fsp3) is 0.500. The molecule has 1 fully saturated rings. The first-order chi connectivity index (χ1) is 8.84. The van der Waals surface area contributed by atoms with E-state index in [1.54, 1.807) is 11.3 Å². The van der Waals surface area contributed by atoms with E-state index in [9.17, 15) is 0 Å². The maximum absolute atomic E-state index is 6.11. The van der Waals surface area contributed by atoms with Crippen LogP contribution >= 0.6 is 23.1 Å². The third-order valence-corrected chi connectivity index (χ3v) is 5.37. The Bertz CT molecular complexity index is 491. The number of nitrogens with zero attached hydrogens (tertiary/aromatic N) is 2. The highest BCUT2D eigenvalue weighted by Crippen LogP contribution is 2.37. The summed E-state index contributed by atoms with van der Waals surface area (Å²) in [6.07, 6.45) is 3.68. The Kier molecular flexibility index (Phi) is 3.67. The molecule has 0 spiro atoms. The van der Waals surface area contributed by atoms with Crippen LogP contribution in [0.4, 0.5) is 0 Å². The van der Waals surface area contributed by atoms with Crippen LogP contribution in [0.2, 0.25) is 0 Å². The zero-order valence-corrected chi connectivity index (χ0v) is 11.5. The molecule has 3 rings (SSSR count). The van der Waals surface area contributed by atoms with E-state index in [2.05, 4.69) is 10.1 Å². The van der Waals surface area contributed by atoms with Crippen LogP contribution < -0.4 is 5.73 Å². The van der Waals surface area contributed by atoms with Gasteiger partial charge in [0.1, 0.15) is 6.04 Å². The van der Waals surface area contributed by atoms with E-state index in [-0.39, 0.29) is 6.04 Å². The van der Waals surface area contributed by atoms with E-state index in [0.29, 0.717) is 11.1 Å². The standard InChI is InChI=1S/C12H15N3OS2/c13-10(8-5-3-7-17-8)12-14-11(15-16-12)9-4-1-2-6-18-9/h3,5,7,9-10H,1-2,4,6,13H2. The highest BCUT2D eigenvalue weighted by Gasteiger charge is 2.24. The topological polar surface area (TPSA) is 64.9 Å². The van der Waals surface area contributed by atoms with Gasteiger partial charge in [-0.25, -0.2) is 0 Å². The lowest BCUT2D eigenvalue weighted by Crippen LogP contribution is -2.11. The van der Waals surface area contributed by atoms with Crippen LogP contribution in [0.5, 0.6) is 0 Å². The van der Waals surface area contributed by atoms with Crippen molar-refractivity contribution in [3.63, 3.8) is 0 Å². The Morgan fingerprint density at radius 3 is 3.11 bits per heavy atom. The van der Waals surface area contributed by atoms with E-state index in [1.165, 1.54) is 18.6 Å². The highest BCUT2D eigenvalue weighted by atomic mass is 32.2. The molecule has 3 heterocycles. The highest BCUT2D eigenvalue weighted by molar-refractivity contribution is 7.99. The van der Waals surface area contributed by atoms with Gasteiger partial charge in [-0.05, 0) is 30.0 Å². The van der Waals surface area contributed by atoms with Gasteiger partial charge in [-0.15, -0.1) is 11.3 Å². The quantitative estimate of drug-likeness (QED) is 0.936. The third-order valence-electron chi connectivity index (χ3n) is 3.04. The van der Waals surface area contributed by atoms with Crippen molar-refractivity contribution in [2.24, 2.45) is 5.73 Å². The molecular formula is C12H15N3OS2. The molecular weight excluding hydrogens is 266 g/mol. The summed E-state index contributed by atoms with van der Waals surface area (Å²) in [5.74, 6) is 2.52. The Hall–Kier alpha value is -0.850. The monoisotopic (exact) mass is 281 g/mol. The van der Waals surface area contributed by atoms with E-state index < -0.39 is 0 Å². The zero-order chi connectivity index (χ0) is 12.4. The van der Waals surface area contributed by atoms with Crippen molar-refractivity contribution in [3.8, 4) is 0 Å². The molecule has 0 radical (unpaired) electrons. The molecule has 1 aliphatic heterocycles. The van der Waals surface area contributed by atoms with Crippen LogP contribution in [0.1, 0.15) is 47.1 Å². The lowest BCUT2D eigenvalue weighted by molar-refractivity contribution is 0.362. The number of thioether (sulfide) groups is 1. The summed E-state index contributed by atoms with van der Waals surface area (Å²) in [6.45, 7) is 0. The summed E-state index contributed by atoms with van der Waals surface area (Å²) in [5.41, 5.74) is 6.11. The van der Waals surface area contributed by atoms with Gasteiger partial charge in [0.2, 0.25) is 5.89 Å². The Morgan fingerprint density at radius 2 is 2.39 bits per heavy atom. The zero-order valence-electron chi connectivity index (χ0n) is 9.91. The maximum Gasteiger partial charge on any atom is 0.249 e. The maximum atomic E-state index is 6.11. The first kappa shape index (κ1) is 12.2. The molecule has 0 aromatic carbocycles. The third kappa shape index (κ3) is 2.46. The summed E-state index contributed by atoms with van der Waals surface area (Å²) in [5, 5.41) is 6.47. The predicted octanol–water partition coefficient (Wildman–Crippen LogP) is 3.14. The van der Waals surface area contributed by atoms with Crippen molar-refractivity contribution in [1.82, 2.24) is 10.1 Å². The summed E-state index contributed by atoms with van der Waals surface area (Å²) < 4.78 is 5.31. The Balaban J connectivity index is 1.76. The molecule has 4 nitrogen and oxygen atoms in total. The molecule has 0 bridgehead atoms. The first-order valence-electron chi connectivity index (χ1n) is 6.08. The van der Waals surface area contributed by atoms with Crippen LogP contribution in [0.25, 0.3) is 0 Å². The second-order valence-corrected chi connectivity index (χ2v) is 6.63. The van der Waals surface area contributed by atoms with Crippen LogP contribution in [0, 0.1) is 0 Å². The van der Waals surface area contributed by atoms with E-state index in [4.69, 9.17) is 10.3 Å². The fourth-order valence-corrected chi connectivity index (χ4v) is 3.99. The van der Waals surface area contributed by atoms with Crippen LogP contribution in [0.15, 0.2) is 22.0 Å². The van der Waals surface area contributed by atoms with Crippen LogP contribution in [-0.2, 0) is 0 Å². The summed E-state index contributed by atoms with van der Waals surface area (Å²) in [4.78, 5) is 5.53. The molecule has 2 N–H and O–H groups in total. The number of thiophene rings is 1. The minimum Gasteiger partial charge on any atom is -0.337 e. The second kappa shape index (κ2) is 5.42. The van der Waals surface area contributed by atoms with Crippen molar-refractivity contribution in [1.29, 1.82) is 0 Å². The molecule has 1 saturated heterocycles. The van der Waals surface area contributed by atoms with Crippen LogP contribution in [-0.4, -0.2) is 15.9 Å². The predicted molar refractivity (Wildman–Crippen MR) is 73.7 cm³/mol. The normalized spacial score (nSPS) is 21.9. The molecule has 0 amide bonds. The number of rotatable bonds is 3. The smallest absolute Gasteiger partial charge is 0.249 e. The van der Waals surface area contributed by atoms with Gasteiger partial charge in [0, 0.05) is 4.88 Å². The molecule has 2 aromatic heterocycles. The molecule has 0 aliphatic carbocycles. The number of aromatic nitrogens is 2. The first-order valence-corrected chi connectivity index (χ1v) is 8.01. The molecule has 2 aromatic rings. The average molecular weight is 281 g/mol. The lowest BCUT2D eigenvalue weighted by Gasteiger charge is -2.17. The molecule has 2 atom stereocenters. The molecule has 1 aliphatic rings. The van der Waals surface area contributed by atoms with Gasteiger partial charge in [-0.2, -0.15) is 16.7 Å². The van der Waals surface area contributed by atoms with Crippen molar-refractivity contribution in [3.05, 3.63) is 34.1 Å². The van der Waals surface area contributed by atoms with Gasteiger partial charge in [-0.3, -0.25) is 0 Å². The summed E-state index contributed by atoms with van der Waals surface area (Å²) in [6, 6.07) is 3.68.